The molecule has 1 heterocycles. The lowest BCUT2D eigenvalue weighted by molar-refractivity contribution is -0.384. The van der Waals surface area contributed by atoms with E-state index in [2.05, 4.69) is 15.5 Å². The Morgan fingerprint density at radius 3 is 2.65 bits per heavy atom. The summed E-state index contributed by atoms with van der Waals surface area (Å²) in [5.41, 5.74) is 2.14. The van der Waals surface area contributed by atoms with Gasteiger partial charge in [0.15, 0.2) is 11.0 Å². The number of nitrogens with zero attached hydrogens (tertiary/aromatic N) is 4. The van der Waals surface area contributed by atoms with Gasteiger partial charge in [0.1, 0.15) is 12.4 Å². The highest BCUT2D eigenvalue weighted by Gasteiger charge is 2.14. The van der Waals surface area contributed by atoms with Crippen LogP contribution in [0, 0.1) is 24.0 Å². The van der Waals surface area contributed by atoms with E-state index in [4.69, 9.17) is 16.3 Å². The van der Waals surface area contributed by atoms with Crippen molar-refractivity contribution in [2.24, 2.45) is 7.05 Å². The Labute approximate surface area is 187 Å². The minimum atomic E-state index is -0.514. The number of aromatic nitrogens is 3. The fourth-order valence-electron chi connectivity index (χ4n) is 2.76. The summed E-state index contributed by atoms with van der Waals surface area (Å²) in [4.78, 5) is 22.5. The number of ether oxygens (including phenoxy) is 1. The molecule has 9 nitrogen and oxygen atoms in total. The molecule has 2 aromatic carbocycles. The number of carbonyl (C=O) groups excluding carboxylic acids is 1. The molecule has 0 spiro atoms. The van der Waals surface area contributed by atoms with Crippen LogP contribution in [0.5, 0.6) is 5.75 Å². The first-order valence-electron chi connectivity index (χ1n) is 9.19. The lowest BCUT2D eigenvalue weighted by Crippen LogP contribution is -2.14. The Morgan fingerprint density at radius 2 is 1.97 bits per heavy atom. The predicted molar refractivity (Wildman–Crippen MR) is 119 cm³/mol. The Kier molecular flexibility index (Phi) is 7.13. The molecule has 0 unspecified atom stereocenters. The van der Waals surface area contributed by atoms with Crippen molar-refractivity contribution >= 4 is 40.6 Å². The Bertz CT molecular complexity index is 1110. The van der Waals surface area contributed by atoms with E-state index in [-0.39, 0.29) is 24.0 Å². The van der Waals surface area contributed by atoms with Gasteiger partial charge in [-0.1, -0.05) is 29.4 Å². The fourth-order valence-corrected chi connectivity index (χ4v) is 3.60. The molecule has 11 heteroatoms. The summed E-state index contributed by atoms with van der Waals surface area (Å²) in [5.74, 6) is 1.06. The van der Waals surface area contributed by atoms with E-state index in [1.807, 2.05) is 26.0 Å². The van der Waals surface area contributed by atoms with Crippen LogP contribution >= 0.6 is 23.4 Å². The largest absolute Gasteiger partial charge is 0.486 e. The van der Waals surface area contributed by atoms with Gasteiger partial charge in [-0.05, 0) is 43.2 Å². The van der Waals surface area contributed by atoms with Crippen LogP contribution in [-0.2, 0) is 18.4 Å². The molecule has 0 aliphatic carbocycles. The van der Waals surface area contributed by atoms with Crippen molar-refractivity contribution in [3.8, 4) is 5.75 Å². The third-order valence-electron chi connectivity index (χ3n) is 4.38. The SMILES string of the molecule is Cc1cc(OCc2nnc(SCC(=O)Nc3cccc([N+](=O)[O-])c3)n2C)cc(C)c1Cl. The van der Waals surface area contributed by atoms with Gasteiger partial charge in [-0.2, -0.15) is 0 Å². The lowest BCUT2D eigenvalue weighted by atomic mass is 10.1. The van der Waals surface area contributed by atoms with Crippen molar-refractivity contribution in [2.45, 2.75) is 25.6 Å². The molecule has 0 radical (unpaired) electrons. The number of nitro groups is 1. The molecule has 1 amide bonds. The van der Waals surface area contributed by atoms with Gasteiger partial charge in [0.25, 0.3) is 5.69 Å². The highest BCUT2D eigenvalue weighted by atomic mass is 35.5. The lowest BCUT2D eigenvalue weighted by Gasteiger charge is -2.10. The van der Waals surface area contributed by atoms with Crippen LogP contribution in [0.15, 0.2) is 41.6 Å². The number of nitro benzene ring substituents is 1. The maximum atomic E-state index is 12.2. The van der Waals surface area contributed by atoms with Crippen molar-refractivity contribution in [1.29, 1.82) is 0 Å². The van der Waals surface area contributed by atoms with Crippen molar-refractivity contribution < 1.29 is 14.5 Å². The number of hydrogen-bond donors (Lipinski definition) is 1. The van der Waals surface area contributed by atoms with Crippen molar-refractivity contribution in [1.82, 2.24) is 14.8 Å². The number of halogens is 1. The molecule has 31 heavy (non-hydrogen) atoms. The summed E-state index contributed by atoms with van der Waals surface area (Å²) in [6, 6.07) is 9.49. The van der Waals surface area contributed by atoms with Crippen molar-refractivity contribution in [2.75, 3.05) is 11.1 Å². The molecular formula is C20H20ClN5O4S. The molecule has 3 aromatic rings. The highest BCUT2D eigenvalue weighted by Crippen LogP contribution is 2.26. The minimum Gasteiger partial charge on any atom is -0.486 e. The second-order valence-corrected chi connectivity index (χ2v) is 8.08. The molecule has 162 valence electrons. The smallest absolute Gasteiger partial charge is 0.271 e. The monoisotopic (exact) mass is 461 g/mol. The van der Waals surface area contributed by atoms with Gasteiger partial charge in [-0.25, -0.2) is 0 Å². The number of hydrogen-bond acceptors (Lipinski definition) is 7. The number of amides is 1. The first kappa shape index (κ1) is 22.6. The number of carbonyl (C=O) groups is 1. The molecule has 0 aliphatic rings. The van der Waals surface area contributed by atoms with Crippen LogP contribution in [0.25, 0.3) is 0 Å². The van der Waals surface area contributed by atoms with E-state index in [1.165, 1.54) is 30.0 Å². The highest BCUT2D eigenvalue weighted by molar-refractivity contribution is 7.99. The third kappa shape index (κ3) is 5.74. The average Bonchev–Trinajstić information content (AvgIpc) is 3.08. The van der Waals surface area contributed by atoms with Gasteiger partial charge < -0.3 is 14.6 Å². The van der Waals surface area contributed by atoms with Gasteiger partial charge in [-0.15, -0.1) is 10.2 Å². The average molecular weight is 462 g/mol. The summed E-state index contributed by atoms with van der Waals surface area (Å²) >= 11 is 7.39. The fraction of sp³-hybridized carbons (Fsp3) is 0.250. The van der Waals surface area contributed by atoms with Gasteiger partial charge in [0.05, 0.1) is 10.7 Å². The summed E-state index contributed by atoms with van der Waals surface area (Å²) in [6.45, 7) is 4.04. The molecule has 3 rings (SSSR count). The Hall–Kier alpha value is -3.11. The molecule has 0 saturated carbocycles. The van der Waals surface area contributed by atoms with Crippen molar-refractivity contribution in [3.05, 3.63) is 68.5 Å². The normalized spacial score (nSPS) is 10.7. The van der Waals surface area contributed by atoms with Gasteiger partial charge in [0, 0.05) is 29.9 Å². The molecule has 0 bridgehead atoms. The second kappa shape index (κ2) is 9.80. The van der Waals surface area contributed by atoms with E-state index < -0.39 is 4.92 Å². The zero-order valence-electron chi connectivity index (χ0n) is 17.1. The van der Waals surface area contributed by atoms with Gasteiger partial charge in [-0.3, -0.25) is 14.9 Å². The molecule has 1 N–H and O–H groups in total. The first-order valence-corrected chi connectivity index (χ1v) is 10.6. The van der Waals surface area contributed by atoms with E-state index in [1.54, 1.807) is 17.7 Å². The molecule has 0 aliphatic heterocycles. The standard InChI is InChI=1S/C20H20ClN5O4S/c1-12-7-16(8-13(2)19(12)21)30-10-17-23-24-20(25(17)3)31-11-18(27)22-14-5-4-6-15(9-14)26(28)29/h4-9H,10-11H2,1-3H3,(H,22,27). The van der Waals surface area contributed by atoms with E-state index in [9.17, 15) is 14.9 Å². The second-order valence-electron chi connectivity index (χ2n) is 6.76. The number of benzene rings is 2. The van der Waals surface area contributed by atoms with Crippen molar-refractivity contribution in [3.63, 3.8) is 0 Å². The number of nitrogens with one attached hydrogen (secondary N) is 1. The maximum absolute atomic E-state index is 12.2. The molecule has 0 fully saturated rings. The predicted octanol–water partition coefficient (Wildman–Crippen LogP) is 4.30. The zero-order chi connectivity index (χ0) is 22.5. The van der Waals surface area contributed by atoms with Crippen LogP contribution < -0.4 is 10.1 Å². The quantitative estimate of drug-likeness (QED) is 0.302. The summed E-state index contributed by atoms with van der Waals surface area (Å²) in [5, 5.41) is 23.0. The van der Waals surface area contributed by atoms with Crippen LogP contribution in [0.4, 0.5) is 11.4 Å². The van der Waals surface area contributed by atoms with E-state index in [0.29, 0.717) is 27.4 Å². The maximum Gasteiger partial charge on any atom is 0.271 e. The number of thioether (sulfide) groups is 1. The third-order valence-corrected chi connectivity index (χ3v) is 5.99. The van der Waals surface area contributed by atoms with Gasteiger partial charge >= 0.3 is 0 Å². The van der Waals surface area contributed by atoms with Crippen LogP contribution in [-0.4, -0.2) is 31.3 Å². The summed E-state index contributed by atoms with van der Waals surface area (Å²) in [6.07, 6.45) is 0. The van der Waals surface area contributed by atoms with Crippen LogP contribution in [0.2, 0.25) is 5.02 Å². The number of aryl methyl sites for hydroxylation is 2. The number of non-ortho nitro benzene ring substituents is 1. The van der Waals surface area contributed by atoms with E-state index >= 15 is 0 Å². The summed E-state index contributed by atoms with van der Waals surface area (Å²) in [7, 11) is 1.79. The molecule has 0 atom stereocenters. The zero-order valence-corrected chi connectivity index (χ0v) is 18.7. The van der Waals surface area contributed by atoms with Gasteiger partial charge in [0.2, 0.25) is 5.91 Å². The number of rotatable bonds is 8. The van der Waals surface area contributed by atoms with E-state index in [0.717, 1.165) is 11.1 Å². The topological polar surface area (TPSA) is 112 Å². The number of anilines is 1. The minimum absolute atomic E-state index is 0.0745. The molecule has 0 saturated heterocycles. The van der Waals surface area contributed by atoms with Crippen LogP contribution in [0.3, 0.4) is 0 Å². The Balaban J connectivity index is 1.56. The summed E-state index contributed by atoms with van der Waals surface area (Å²) < 4.78 is 7.56. The molecule has 1 aromatic heterocycles. The first-order chi connectivity index (χ1) is 14.7. The van der Waals surface area contributed by atoms with Crippen LogP contribution in [0.1, 0.15) is 17.0 Å². The molecular weight excluding hydrogens is 442 g/mol. The Morgan fingerprint density at radius 1 is 1.26 bits per heavy atom.